The third-order valence-corrected chi connectivity index (χ3v) is 3.82. The maximum atomic E-state index is 9.38. The Kier molecular flexibility index (Phi) is 3.22. The normalized spacial score (nSPS) is 10.7. The molecular formula is C17H13ClN2. The second kappa shape index (κ2) is 5.03. The zero-order valence-corrected chi connectivity index (χ0v) is 11.9. The van der Waals surface area contributed by atoms with Crippen LogP contribution in [0.4, 0.5) is 0 Å². The zero-order chi connectivity index (χ0) is 14.1. The van der Waals surface area contributed by atoms with Gasteiger partial charge in [-0.25, -0.2) is 0 Å². The third kappa shape index (κ3) is 2.07. The molecule has 0 atom stereocenters. The van der Waals surface area contributed by atoms with Crippen molar-refractivity contribution in [2.24, 2.45) is 0 Å². The van der Waals surface area contributed by atoms with E-state index in [1.807, 2.05) is 43.3 Å². The highest BCUT2D eigenvalue weighted by atomic mass is 35.5. The van der Waals surface area contributed by atoms with E-state index in [2.05, 4.69) is 22.8 Å². The molecule has 98 valence electrons. The van der Waals surface area contributed by atoms with Crippen molar-refractivity contribution in [1.29, 1.82) is 5.26 Å². The Labute approximate surface area is 122 Å². The van der Waals surface area contributed by atoms with Gasteiger partial charge in [-0.2, -0.15) is 5.26 Å². The van der Waals surface area contributed by atoms with Crippen LogP contribution in [0.25, 0.3) is 10.9 Å². The van der Waals surface area contributed by atoms with Crippen molar-refractivity contribution in [2.75, 3.05) is 0 Å². The Balaban J connectivity index is 2.21. The van der Waals surface area contributed by atoms with Crippen LogP contribution in [0.2, 0.25) is 5.02 Å². The van der Waals surface area contributed by atoms with Crippen molar-refractivity contribution in [3.8, 4) is 6.07 Å². The fourth-order valence-corrected chi connectivity index (χ4v) is 2.74. The van der Waals surface area contributed by atoms with Crippen LogP contribution >= 0.6 is 11.6 Å². The number of halogens is 1. The molecule has 3 rings (SSSR count). The van der Waals surface area contributed by atoms with Gasteiger partial charge in [0, 0.05) is 28.2 Å². The summed E-state index contributed by atoms with van der Waals surface area (Å²) in [6.07, 6.45) is 0. The van der Waals surface area contributed by atoms with E-state index in [1.165, 1.54) is 5.56 Å². The lowest BCUT2D eigenvalue weighted by molar-refractivity contribution is 0.803. The summed E-state index contributed by atoms with van der Waals surface area (Å²) in [5, 5.41) is 11.0. The summed E-state index contributed by atoms with van der Waals surface area (Å²) in [5.74, 6) is 0. The van der Waals surface area contributed by atoms with Gasteiger partial charge in [0.15, 0.2) is 0 Å². The Morgan fingerprint density at radius 1 is 1.15 bits per heavy atom. The molecule has 3 heteroatoms. The number of benzene rings is 2. The number of nitriles is 1. The van der Waals surface area contributed by atoms with Crippen LogP contribution in [0, 0.1) is 18.3 Å². The summed E-state index contributed by atoms with van der Waals surface area (Å²) < 4.78 is 2.17. The third-order valence-electron chi connectivity index (χ3n) is 3.58. The molecule has 0 spiro atoms. The highest BCUT2D eigenvalue weighted by Crippen LogP contribution is 2.28. The van der Waals surface area contributed by atoms with E-state index >= 15 is 0 Å². The summed E-state index contributed by atoms with van der Waals surface area (Å²) >= 11 is 6.05. The highest BCUT2D eigenvalue weighted by molar-refractivity contribution is 6.31. The Morgan fingerprint density at radius 3 is 2.60 bits per heavy atom. The lowest BCUT2D eigenvalue weighted by Gasteiger charge is -2.08. The molecule has 0 saturated heterocycles. The molecule has 3 aromatic rings. The predicted molar refractivity (Wildman–Crippen MR) is 81.9 cm³/mol. The maximum absolute atomic E-state index is 9.38. The summed E-state index contributed by atoms with van der Waals surface area (Å²) in [4.78, 5) is 0. The average Bonchev–Trinajstić information content (AvgIpc) is 2.71. The summed E-state index contributed by atoms with van der Waals surface area (Å²) in [6.45, 7) is 2.74. The smallest absolute Gasteiger partial charge is 0.102 e. The van der Waals surface area contributed by atoms with Gasteiger partial charge in [0.2, 0.25) is 0 Å². The summed E-state index contributed by atoms with van der Waals surface area (Å²) in [6, 6.07) is 18.2. The molecule has 0 aliphatic carbocycles. The molecule has 0 amide bonds. The average molecular weight is 281 g/mol. The lowest BCUT2D eigenvalue weighted by atomic mass is 10.1. The Morgan fingerprint density at radius 2 is 1.90 bits per heavy atom. The number of fused-ring (bicyclic) bond motifs is 1. The van der Waals surface area contributed by atoms with Gasteiger partial charge < -0.3 is 4.57 Å². The van der Waals surface area contributed by atoms with E-state index < -0.39 is 0 Å². The molecule has 0 aliphatic rings. The van der Waals surface area contributed by atoms with Gasteiger partial charge >= 0.3 is 0 Å². The molecule has 2 aromatic carbocycles. The number of hydrogen-bond acceptors (Lipinski definition) is 1. The topological polar surface area (TPSA) is 28.7 Å². The van der Waals surface area contributed by atoms with Crippen LogP contribution in [-0.2, 0) is 6.54 Å². The molecule has 2 nitrogen and oxygen atoms in total. The molecule has 0 bridgehead atoms. The first kappa shape index (κ1) is 12.8. The van der Waals surface area contributed by atoms with Crippen LogP contribution in [0.5, 0.6) is 0 Å². The van der Waals surface area contributed by atoms with Crippen molar-refractivity contribution in [1.82, 2.24) is 4.57 Å². The van der Waals surface area contributed by atoms with Crippen molar-refractivity contribution in [3.63, 3.8) is 0 Å². The molecule has 0 unspecified atom stereocenters. The van der Waals surface area contributed by atoms with E-state index in [-0.39, 0.29) is 0 Å². The maximum Gasteiger partial charge on any atom is 0.102 e. The summed E-state index contributed by atoms with van der Waals surface area (Å²) in [5.41, 5.74) is 3.95. The number of hydrogen-bond donors (Lipinski definition) is 0. The van der Waals surface area contributed by atoms with Crippen molar-refractivity contribution in [2.45, 2.75) is 13.5 Å². The molecule has 0 saturated carbocycles. The monoisotopic (exact) mass is 280 g/mol. The van der Waals surface area contributed by atoms with Gasteiger partial charge in [-0.1, -0.05) is 41.9 Å². The molecule has 1 aromatic heterocycles. The fraction of sp³-hybridized carbons (Fsp3) is 0.118. The first-order valence-electron chi connectivity index (χ1n) is 6.43. The van der Waals surface area contributed by atoms with E-state index in [0.29, 0.717) is 10.6 Å². The van der Waals surface area contributed by atoms with Crippen LogP contribution in [-0.4, -0.2) is 4.57 Å². The van der Waals surface area contributed by atoms with E-state index in [9.17, 15) is 5.26 Å². The first-order chi connectivity index (χ1) is 9.70. The lowest BCUT2D eigenvalue weighted by Crippen LogP contribution is -2.01. The zero-order valence-electron chi connectivity index (χ0n) is 11.1. The predicted octanol–water partition coefficient (Wildman–Crippen LogP) is 4.52. The van der Waals surface area contributed by atoms with Gasteiger partial charge in [0.1, 0.15) is 6.07 Å². The van der Waals surface area contributed by atoms with Crippen LogP contribution < -0.4 is 0 Å². The Bertz CT molecular complexity index is 810. The van der Waals surface area contributed by atoms with E-state index in [1.54, 1.807) is 0 Å². The molecule has 0 aliphatic heterocycles. The largest absolute Gasteiger partial charge is 0.339 e. The molecule has 0 fully saturated rings. The van der Waals surface area contributed by atoms with Gasteiger partial charge in [0.25, 0.3) is 0 Å². The first-order valence-corrected chi connectivity index (χ1v) is 6.81. The molecular weight excluding hydrogens is 268 g/mol. The second-order valence-corrected chi connectivity index (χ2v) is 5.24. The van der Waals surface area contributed by atoms with Gasteiger partial charge in [0.05, 0.1) is 5.56 Å². The van der Waals surface area contributed by atoms with Gasteiger partial charge in [-0.05, 0) is 30.7 Å². The van der Waals surface area contributed by atoms with Crippen LogP contribution in [0.1, 0.15) is 16.8 Å². The van der Waals surface area contributed by atoms with Gasteiger partial charge in [-0.3, -0.25) is 0 Å². The molecule has 20 heavy (non-hydrogen) atoms. The van der Waals surface area contributed by atoms with Crippen LogP contribution in [0.15, 0.2) is 48.5 Å². The second-order valence-electron chi connectivity index (χ2n) is 4.81. The molecule has 0 N–H and O–H groups in total. The van der Waals surface area contributed by atoms with Crippen molar-refractivity contribution >= 4 is 22.5 Å². The fourth-order valence-electron chi connectivity index (χ4n) is 2.57. The minimum absolute atomic E-state index is 0.658. The van der Waals surface area contributed by atoms with Crippen LogP contribution in [0.3, 0.4) is 0 Å². The van der Waals surface area contributed by atoms with Gasteiger partial charge in [-0.15, -0.1) is 0 Å². The summed E-state index contributed by atoms with van der Waals surface area (Å²) in [7, 11) is 0. The number of rotatable bonds is 2. The highest BCUT2D eigenvalue weighted by Gasteiger charge is 2.14. The van der Waals surface area contributed by atoms with E-state index in [4.69, 9.17) is 11.6 Å². The van der Waals surface area contributed by atoms with Crippen molar-refractivity contribution in [3.05, 3.63) is 70.4 Å². The molecule has 1 heterocycles. The number of nitrogens with zero attached hydrogens (tertiary/aromatic N) is 2. The minimum Gasteiger partial charge on any atom is -0.339 e. The minimum atomic E-state index is 0.658. The quantitative estimate of drug-likeness (QED) is 0.678. The standard InChI is InChI=1S/C17H13ClN2/c1-12-16(10-19)15-9-14(18)7-8-17(15)20(12)11-13-5-3-2-4-6-13/h2-9H,11H2,1H3. The number of aromatic nitrogens is 1. The molecule has 0 radical (unpaired) electrons. The van der Waals surface area contributed by atoms with E-state index in [0.717, 1.165) is 23.1 Å². The SMILES string of the molecule is Cc1c(C#N)c2cc(Cl)ccc2n1Cc1ccccc1. The Hall–Kier alpha value is -2.24. The van der Waals surface area contributed by atoms with Crippen molar-refractivity contribution < 1.29 is 0 Å².